The zero-order chi connectivity index (χ0) is 20.5. The molecule has 0 unspecified atom stereocenters. The highest BCUT2D eigenvalue weighted by Crippen LogP contribution is 2.17. The van der Waals surface area contributed by atoms with E-state index < -0.39 is 0 Å². The van der Waals surface area contributed by atoms with Crippen LogP contribution in [0.4, 0.5) is 0 Å². The maximum absolute atomic E-state index is 12.6. The number of aliphatic imine (C=N–C) groups is 1. The first-order valence-electron chi connectivity index (χ1n) is 10.7. The molecule has 1 aliphatic rings. The minimum absolute atomic E-state index is 0. The first-order valence-corrected chi connectivity index (χ1v) is 11.5. The number of carbonyl (C=O) groups excluding carboxylic acids is 1. The van der Waals surface area contributed by atoms with Crippen molar-refractivity contribution in [3.63, 3.8) is 0 Å². The monoisotopic (exact) mass is 540 g/mol. The van der Waals surface area contributed by atoms with Crippen molar-refractivity contribution in [1.82, 2.24) is 15.5 Å². The average molecular weight is 541 g/mol. The molecular weight excluding hydrogens is 507 g/mol. The molecule has 0 radical (unpaired) electrons. The highest BCUT2D eigenvalue weighted by atomic mass is 127. The Morgan fingerprint density at radius 3 is 2.33 bits per heavy atom. The molecule has 2 N–H and O–H groups in total. The van der Waals surface area contributed by atoms with E-state index in [0.29, 0.717) is 6.54 Å². The fraction of sp³-hybridized carbons (Fsp3) is 0.478. The molecule has 5 nitrogen and oxygen atoms in total. The number of rotatable bonds is 7. The molecule has 0 bridgehead atoms. The van der Waals surface area contributed by atoms with Crippen LogP contribution in [-0.2, 0) is 19.5 Å². The Kier molecular flexibility index (Phi) is 10.6. The molecule has 0 atom stereocenters. The van der Waals surface area contributed by atoms with E-state index in [2.05, 4.69) is 36.6 Å². The summed E-state index contributed by atoms with van der Waals surface area (Å²) in [6, 6.07) is 12.3. The zero-order valence-electron chi connectivity index (χ0n) is 17.9. The molecule has 2 heterocycles. The highest BCUT2D eigenvalue weighted by molar-refractivity contribution is 14.0. The molecule has 7 heteroatoms. The number of hydrogen-bond donors (Lipinski definition) is 2. The van der Waals surface area contributed by atoms with Crippen LogP contribution < -0.4 is 10.6 Å². The lowest BCUT2D eigenvalue weighted by molar-refractivity contribution is 0.0724. The summed E-state index contributed by atoms with van der Waals surface area (Å²) in [5, 5.41) is 6.71. The molecule has 1 aromatic heterocycles. The van der Waals surface area contributed by atoms with Gasteiger partial charge in [0.15, 0.2) is 5.96 Å². The van der Waals surface area contributed by atoms with Crippen LogP contribution in [0, 0.1) is 0 Å². The number of thiophene rings is 1. The predicted molar refractivity (Wildman–Crippen MR) is 137 cm³/mol. The lowest BCUT2D eigenvalue weighted by atomic mass is 10.1. The van der Waals surface area contributed by atoms with E-state index in [9.17, 15) is 4.79 Å². The van der Waals surface area contributed by atoms with Gasteiger partial charge in [0.2, 0.25) is 0 Å². The first kappa shape index (κ1) is 24.7. The first-order chi connectivity index (χ1) is 14.2. The van der Waals surface area contributed by atoms with Crippen molar-refractivity contribution < 1.29 is 4.79 Å². The summed E-state index contributed by atoms with van der Waals surface area (Å²) in [4.78, 5) is 22.0. The number of halogens is 1. The van der Waals surface area contributed by atoms with E-state index in [1.165, 1.54) is 16.2 Å². The quantitative estimate of drug-likeness (QED) is 0.301. The minimum Gasteiger partial charge on any atom is -0.357 e. The van der Waals surface area contributed by atoms with Crippen molar-refractivity contribution in [1.29, 1.82) is 0 Å². The Balaban J connectivity index is 0.00000320. The largest absolute Gasteiger partial charge is 0.357 e. The zero-order valence-corrected chi connectivity index (χ0v) is 21.1. The van der Waals surface area contributed by atoms with Crippen LogP contribution in [0.5, 0.6) is 0 Å². The molecule has 1 fully saturated rings. The number of hydrogen-bond acceptors (Lipinski definition) is 3. The molecule has 0 spiro atoms. The van der Waals surface area contributed by atoms with Gasteiger partial charge in [-0.25, -0.2) is 4.99 Å². The minimum atomic E-state index is 0. The summed E-state index contributed by atoms with van der Waals surface area (Å²) in [5.74, 6) is 0.963. The van der Waals surface area contributed by atoms with Gasteiger partial charge >= 0.3 is 0 Å². The van der Waals surface area contributed by atoms with E-state index in [-0.39, 0.29) is 29.9 Å². The SMILES string of the molecule is CCNC(=NCc1ccc(C(=O)N2CCCCC2)cc1)NCc1ccc(CC)s1.I. The molecule has 0 saturated carbocycles. The Hall–Kier alpha value is -1.61. The van der Waals surface area contributed by atoms with E-state index >= 15 is 0 Å². The van der Waals surface area contributed by atoms with Crippen molar-refractivity contribution in [3.05, 3.63) is 57.3 Å². The van der Waals surface area contributed by atoms with Crippen molar-refractivity contribution >= 4 is 47.2 Å². The molecule has 1 amide bonds. The molecule has 1 aromatic carbocycles. The number of amides is 1. The number of piperidine rings is 1. The number of likely N-dealkylation sites (tertiary alicyclic amines) is 1. The normalized spacial score (nSPS) is 14.2. The number of aryl methyl sites for hydroxylation is 1. The number of nitrogens with one attached hydrogen (secondary N) is 2. The van der Waals surface area contributed by atoms with E-state index in [1.807, 2.05) is 40.5 Å². The van der Waals surface area contributed by atoms with Gasteiger partial charge in [-0.2, -0.15) is 0 Å². The van der Waals surface area contributed by atoms with E-state index in [4.69, 9.17) is 4.99 Å². The van der Waals surface area contributed by atoms with Gasteiger partial charge in [-0.05, 0) is 62.4 Å². The van der Waals surface area contributed by atoms with Crippen molar-refractivity contribution in [2.45, 2.75) is 52.6 Å². The molecule has 1 aliphatic heterocycles. The molecule has 0 aliphatic carbocycles. The number of guanidine groups is 1. The Bertz CT molecular complexity index is 813. The third-order valence-electron chi connectivity index (χ3n) is 5.10. The van der Waals surface area contributed by atoms with Crippen LogP contribution >= 0.6 is 35.3 Å². The van der Waals surface area contributed by atoms with Crippen LogP contribution in [0.3, 0.4) is 0 Å². The summed E-state index contributed by atoms with van der Waals surface area (Å²) < 4.78 is 0. The van der Waals surface area contributed by atoms with Gasteiger partial charge in [0.25, 0.3) is 5.91 Å². The third kappa shape index (κ3) is 7.27. The van der Waals surface area contributed by atoms with E-state index in [0.717, 1.165) is 62.5 Å². The topological polar surface area (TPSA) is 56.7 Å². The van der Waals surface area contributed by atoms with Crippen molar-refractivity contribution in [2.75, 3.05) is 19.6 Å². The molecule has 30 heavy (non-hydrogen) atoms. The van der Waals surface area contributed by atoms with Crippen LogP contribution in [0.25, 0.3) is 0 Å². The molecule has 3 rings (SSSR count). The molecular formula is C23H33IN4OS. The summed E-state index contributed by atoms with van der Waals surface area (Å²) in [5.41, 5.74) is 1.87. The summed E-state index contributed by atoms with van der Waals surface area (Å²) in [6.07, 6.45) is 4.54. The second-order valence-corrected chi connectivity index (χ2v) is 8.57. The second kappa shape index (κ2) is 12.9. The van der Waals surface area contributed by atoms with Crippen LogP contribution in [0.15, 0.2) is 41.4 Å². The molecule has 164 valence electrons. The lowest BCUT2D eigenvalue weighted by Crippen LogP contribution is -2.36. The standard InChI is InChI=1S/C23H32N4OS.HI/c1-3-20-12-13-21(29-20)17-26-23(24-4-2)25-16-18-8-10-19(11-9-18)22(28)27-14-6-5-7-15-27;/h8-13H,3-7,14-17H2,1-2H3,(H2,24,25,26);1H. The lowest BCUT2D eigenvalue weighted by Gasteiger charge is -2.26. The summed E-state index contributed by atoms with van der Waals surface area (Å²) >= 11 is 1.84. The number of carbonyl (C=O) groups is 1. The van der Waals surface area contributed by atoms with Gasteiger partial charge < -0.3 is 15.5 Å². The molecule has 2 aromatic rings. The van der Waals surface area contributed by atoms with Gasteiger partial charge in [-0.1, -0.05) is 19.1 Å². The third-order valence-corrected chi connectivity index (χ3v) is 6.33. The predicted octanol–water partition coefficient (Wildman–Crippen LogP) is 4.81. The summed E-state index contributed by atoms with van der Waals surface area (Å²) in [6.45, 7) is 8.19. The fourth-order valence-electron chi connectivity index (χ4n) is 3.42. The number of nitrogens with zero attached hydrogens (tertiary/aromatic N) is 2. The van der Waals surface area contributed by atoms with Gasteiger partial charge in [0, 0.05) is 35.0 Å². The van der Waals surface area contributed by atoms with Crippen LogP contribution in [0.2, 0.25) is 0 Å². The maximum atomic E-state index is 12.6. The maximum Gasteiger partial charge on any atom is 0.253 e. The van der Waals surface area contributed by atoms with Crippen molar-refractivity contribution in [2.24, 2.45) is 4.99 Å². The van der Waals surface area contributed by atoms with Gasteiger partial charge in [0.1, 0.15) is 0 Å². The fourth-order valence-corrected chi connectivity index (χ4v) is 4.32. The second-order valence-electron chi connectivity index (χ2n) is 7.32. The van der Waals surface area contributed by atoms with Crippen LogP contribution in [0.1, 0.15) is 58.8 Å². The van der Waals surface area contributed by atoms with Crippen molar-refractivity contribution in [3.8, 4) is 0 Å². The average Bonchev–Trinajstić information content (AvgIpc) is 3.24. The van der Waals surface area contributed by atoms with E-state index in [1.54, 1.807) is 0 Å². The Labute approximate surface area is 201 Å². The van der Waals surface area contributed by atoms with Gasteiger partial charge in [0.05, 0.1) is 13.1 Å². The number of benzene rings is 1. The van der Waals surface area contributed by atoms with Crippen LogP contribution in [-0.4, -0.2) is 36.4 Å². The summed E-state index contributed by atoms with van der Waals surface area (Å²) in [7, 11) is 0. The van der Waals surface area contributed by atoms with Gasteiger partial charge in [-0.3, -0.25) is 4.79 Å². The van der Waals surface area contributed by atoms with Gasteiger partial charge in [-0.15, -0.1) is 35.3 Å². The smallest absolute Gasteiger partial charge is 0.253 e. The Morgan fingerprint density at radius 2 is 1.70 bits per heavy atom. The Morgan fingerprint density at radius 1 is 1.00 bits per heavy atom. The molecule has 1 saturated heterocycles. The highest BCUT2D eigenvalue weighted by Gasteiger charge is 2.17.